The van der Waals surface area contributed by atoms with Gasteiger partial charge in [0.15, 0.2) is 0 Å². The van der Waals surface area contributed by atoms with Crippen molar-refractivity contribution in [3.05, 3.63) is 46.1 Å². The molecule has 0 bridgehead atoms. The number of fused-ring (bicyclic) bond motifs is 1. The number of nitrogens with zero attached hydrogens (tertiary/aromatic N) is 1. The lowest BCUT2D eigenvalue weighted by atomic mass is 9.92. The van der Waals surface area contributed by atoms with Gasteiger partial charge in [0.1, 0.15) is 10.7 Å². The Morgan fingerprint density at radius 2 is 1.70 bits per heavy atom. The summed E-state index contributed by atoms with van der Waals surface area (Å²) in [5.74, 6) is -0.402. The van der Waals surface area contributed by atoms with E-state index in [1.807, 2.05) is 4.90 Å². The van der Waals surface area contributed by atoms with Crippen molar-refractivity contribution in [2.75, 3.05) is 26.2 Å². The van der Waals surface area contributed by atoms with Crippen LogP contribution in [0.5, 0.6) is 0 Å². The molecule has 1 heterocycles. The third-order valence-electron chi connectivity index (χ3n) is 3.69. The molecule has 0 atom stereocenters. The van der Waals surface area contributed by atoms with E-state index in [1.54, 1.807) is 24.3 Å². The lowest BCUT2D eigenvalue weighted by molar-refractivity contribution is 0.0948. The largest absolute Gasteiger partial charge is 0.366 e. The minimum Gasteiger partial charge on any atom is -0.366 e. The van der Waals surface area contributed by atoms with Gasteiger partial charge in [-0.05, 0) is 13.0 Å². The first-order chi connectivity index (χ1) is 9.70. The Balaban J connectivity index is 2.04. The minimum atomic E-state index is -0.255. The van der Waals surface area contributed by atoms with Crippen LogP contribution in [0.2, 0.25) is 0 Å². The Kier molecular flexibility index (Phi) is 3.59. The van der Waals surface area contributed by atoms with E-state index in [9.17, 15) is 9.59 Å². The maximum absolute atomic E-state index is 12.6. The highest BCUT2D eigenvalue weighted by atomic mass is 35.5. The fourth-order valence-corrected chi connectivity index (χ4v) is 2.99. The SMILES string of the molecule is O=C1C(Cl)=C(N2CCCNCC2)C(=O)c2ccccc21. The van der Waals surface area contributed by atoms with E-state index in [0.717, 1.165) is 26.1 Å². The second-order valence-corrected chi connectivity index (χ2v) is 5.33. The Labute approximate surface area is 122 Å². The number of carbonyl (C=O) groups is 2. The monoisotopic (exact) mass is 290 g/mol. The van der Waals surface area contributed by atoms with Gasteiger partial charge in [0, 0.05) is 30.8 Å². The molecule has 0 spiro atoms. The van der Waals surface area contributed by atoms with Gasteiger partial charge in [-0.3, -0.25) is 9.59 Å². The number of nitrogens with one attached hydrogen (secondary N) is 1. The molecule has 0 radical (unpaired) electrons. The lowest BCUT2D eigenvalue weighted by Gasteiger charge is -2.28. The summed E-state index contributed by atoms with van der Waals surface area (Å²) in [4.78, 5) is 26.9. The highest BCUT2D eigenvalue weighted by Crippen LogP contribution is 2.30. The van der Waals surface area contributed by atoms with Crippen LogP contribution < -0.4 is 5.32 Å². The molecule has 1 aliphatic carbocycles. The number of carbonyl (C=O) groups excluding carboxylic acids is 2. The number of hydrogen-bond donors (Lipinski definition) is 1. The maximum atomic E-state index is 12.6. The van der Waals surface area contributed by atoms with E-state index in [-0.39, 0.29) is 16.6 Å². The molecule has 3 rings (SSSR count). The number of halogens is 1. The summed E-state index contributed by atoms with van der Waals surface area (Å²) in [6.07, 6.45) is 0.927. The molecule has 5 heteroatoms. The summed E-state index contributed by atoms with van der Waals surface area (Å²) in [6, 6.07) is 6.85. The molecule has 0 aromatic heterocycles. The molecule has 1 N–H and O–H groups in total. The fourth-order valence-electron chi connectivity index (χ4n) is 2.68. The van der Waals surface area contributed by atoms with Crippen LogP contribution in [-0.4, -0.2) is 42.6 Å². The number of rotatable bonds is 1. The molecule has 1 fully saturated rings. The summed E-state index contributed by atoms with van der Waals surface area (Å²) >= 11 is 6.19. The van der Waals surface area contributed by atoms with E-state index in [2.05, 4.69) is 5.32 Å². The summed E-state index contributed by atoms with van der Waals surface area (Å²) in [5.41, 5.74) is 1.22. The number of allylic oxidation sites excluding steroid dienone is 2. The van der Waals surface area contributed by atoms with E-state index in [0.29, 0.717) is 23.4 Å². The van der Waals surface area contributed by atoms with Crippen molar-refractivity contribution in [2.45, 2.75) is 6.42 Å². The second-order valence-electron chi connectivity index (χ2n) is 4.96. The number of ketones is 2. The van der Waals surface area contributed by atoms with Gasteiger partial charge in [0.05, 0.1) is 0 Å². The van der Waals surface area contributed by atoms with Crippen LogP contribution in [0.4, 0.5) is 0 Å². The standard InChI is InChI=1S/C15H15ClN2O2/c16-12-13(18-8-3-6-17-7-9-18)15(20)11-5-2-1-4-10(11)14(12)19/h1-2,4-5,17H,3,6-9H2. The van der Waals surface area contributed by atoms with Crippen molar-refractivity contribution < 1.29 is 9.59 Å². The Hall–Kier alpha value is -1.65. The van der Waals surface area contributed by atoms with Crippen LogP contribution in [0.15, 0.2) is 35.0 Å². The van der Waals surface area contributed by atoms with Crippen molar-refractivity contribution in [1.29, 1.82) is 0 Å². The number of benzene rings is 1. The molecular weight excluding hydrogens is 276 g/mol. The van der Waals surface area contributed by atoms with E-state index in [4.69, 9.17) is 11.6 Å². The first-order valence-electron chi connectivity index (χ1n) is 6.74. The Morgan fingerprint density at radius 1 is 1.00 bits per heavy atom. The zero-order valence-corrected chi connectivity index (χ0v) is 11.7. The molecule has 0 saturated carbocycles. The molecule has 2 aliphatic rings. The molecule has 0 unspecified atom stereocenters. The van der Waals surface area contributed by atoms with Gasteiger partial charge in [-0.25, -0.2) is 0 Å². The van der Waals surface area contributed by atoms with Gasteiger partial charge in [-0.1, -0.05) is 35.9 Å². The Bertz CT molecular complexity index is 602. The van der Waals surface area contributed by atoms with Crippen LogP contribution >= 0.6 is 11.6 Å². The second kappa shape index (κ2) is 5.38. The van der Waals surface area contributed by atoms with Gasteiger partial charge in [0.25, 0.3) is 0 Å². The highest BCUT2D eigenvalue weighted by molar-refractivity contribution is 6.49. The molecule has 1 saturated heterocycles. The molecular formula is C15H15ClN2O2. The summed E-state index contributed by atoms with van der Waals surface area (Å²) < 4.78 is 0. The minimum absolute atomic E-state index is 0.0515. The smallest absolute Gasteiger partial charge is 0.211 e. The number of Topliss-reactive ketones (excluding diaryl/α,β-unsaturated/α-hetero) is 2. The quantitative estimate of drug-likeness (QED) is 0.857. The third kappa shape index (κ3) is 2.15. The average molecular weight is 291 g/mol. The summed E-state index contributed by atoms with van der Waals surface area (Å²) in [7, 11) is 0. The molecule has 104 valence electrons. The van der Waals surface area contributed by atoms with Crippen LogP contribution in [0, 0.1) is 0 Å². The molecule has 1 aromatic rings. The van der Waals surface area contributed by atoms with Gasteiger partial charge in [-0.15, -0.1) is 0 Å². The van der Waals surface area contributed by atoms with Crippen molar-refractivity contribution in [1.82, 2.24) is 10.2 Å². The lowest BCUT2D eigenvalue weighted by Crippen LogP contribution is -2.35. The molecule has 1 aliphatic heterocycles. The maximum Gasteiger partial charge on any atom is 0.211 e. The fraction of sp³-hybridized carbons (Fsp3) is 0.333. The normalized spacial score (nSPS) is 19.9. The third-order valence-corrected chi connectivity index (χ3v) is 4.05. The predicted octanol–water partition coefficient (Wildman–Crippen LogP) is 1.81. The first kappa shape index (κ1) is 13.3. The topological polar surface area (TPSA) is 49.4 Å². The average Bonchev–Trinajstić information content (AvgIpc) is 2.74. The molecule has 20 heavy (non-hydrogen) atoms. The van der Waals surface area contributed by atoms with Gasteiger partial charge >= 0.3 is 0 Å². The van der Waals surface area contributed by atoms with Crippen molar-refractivity contribution in [3.8, 4) is 0 Å². The molecule has 1 aromatic carbocycles. The van der Waals surface area contributed by atoms with Crippen molar-refractivity contribution in [2.24, 2.45) is 0 Å². The van der Waals surface area contributed by atoms with E-state index in [1.165, 1.54) is 0 Å². The molecule has 4 nitrogen and oxygen atoms in total. The van der Waals surface area contributed by atoms with E-state index < -0.39 is 0 Å². The summed E-state index contributed by atoms with van der Waals surface area (Å²) in [6.45, 7) is 3.13. The van der Waals surface area contributed by atoms with Crippen LogP contribution in [0.3, 0.4) is 0 Å². The van der Waals surface area contributed by atoms with Crippen LogP contribution in [-0.2, 0) is 0 Å². The van der Waals surface area contributed by atoms with Gasteiger partial charge in [0.2, 0.25) is 11.6 Å². The Morgan fingerprint density at radius 3 is 2.45 bits per heavy atom. The molecule has 0 amide bonds. The zero-order chi connectivity index (χ0) is 14.1. The predicted molar refractivity (Wildman–Crippen MR) is 77.0 cm³/mol. The van der Waals surface area contributed by atoms with E-state index >= 15 is 0 Å². The van der Waals surface area contributed by atoms with Crippen LogP contribution in [0.25, 0.3) is 0 Å². The van der Waals surface area contributed by atoms with Crippen molar-refractivity contribution in [3.63, 3.8) is 0 Å². The first-order valence-corrected chi connectivity index (χ1v) is 7.12. The van der Waals surface area contributed by atoms with Gasteiger partial charge in [-0.2, -0.15) is 0 Å². The van der Waals surface area contributed by atoms with Crippen LogP contribution in [0.1, 0.15) is 27.1 Å². The number of hydrogen-bond acceptors (Lipinski definition) is 4. The highest BCUT2D eigenvalue weighted by Gasteiger charge is 2.34. The van der Waals surface area contributed by atoms with Crippen molar-refractivity contribution >= 4 is 23.2 Å². The zero-order valence-electron chi connectivity index (χ0n) is 11.0. The van der Waals surface area contributed by atoms with Gasteiger partial charge < -0.3 is 10.2 Å². The summed E-state index contributed by atoms with van der Waals surface area (Å²) in [5, 5.41) is 3.32.